The Kier molecular flexibility index (Phi) is 2.88. The second kappa shape index (κ2) is 3.83. The third kappa shape index (κ3) is 2.72. The molecule has 0 radical (unpaired) electrons. The van der Waals surface area contributed by atoms with Crippen LogP contribution in [-0.4, -0.2) is 16.3 Å². The number of hydrogen-bond donors (Lipinski definition) is 1. The molecule has 1 rings (SSSR count). The predicted molar refractivity (Wildman–Crippen MR) is 45.1 cm³/mol. The lowest BCUT2D eigenvalue weighted by molar-refractivity contribution is -0.390. The summed E-state index contributed by atoms with van der Waals surface area (Å²) < 4.78 is 39.1. The van der Waals surface area contributed by atoms with E-state index in [9.17, 15) is 28.1 Å². The first-order chi connectivity index (χ1) is 7.20. The second-order valence-electron chi connectivity index (χ2n) is 2.78. The number of nitro groups is 1. The zero-order valence-corrected chi connectivity index (χ0v) is 7.79. The summed E-state index contributed by atoms with van der Waals surface area (Å²) in [6.45, 7) is 1.04. The predicted octanol–water partition coefficient (Wildman–Crippen LogP) is 1.49. The van der Waals surface area contributed by atoms with Crippen LogP contribution in [0.4, 0.5) is 19.0 Å². The quantitative estimate of drug-likeness (QED) is 0.624. The molecular weight excluding hydrogens is 233 g/mol. The van der Waals surface area contributed by atoms with E-state index in [0.717, 1.165) is 6.92 Å². The maximum Gasteiger partial charge on any atom is 0.573 e. The molecule has 9 heteroatoms. The number of aromatic nitrogens is 1. The van der Waals surface area contributed by atoms with E-state index in [4.69, 9.17) is 0 Å². The van der Waals surface area contributed by atoms with Crippen molar-refractivity contribution in [2.75, 3.05) is 0 Å². The Balaban J connectivity index is 3.30. The van der Waals surface area contributed by atoms with Crippen molar-refractivity contribution in [3.63, 3.8) is 0 Å². The summed E-state index contributed by atoms with van der Waals surface area (Å²) in [5, 5.41) is 10.4. The van der Waals surface area contributed by atoms with E-state index in [2.05, 4.69) is 4.74 Å². The number of nitrogens with zero attached hydrogens (tertiary/aromatic N) is 1. The van der Waals surface area contributed by atoms with Gasteiger partial charge >= 0.3 is 17.7 Å². The van der Waals surface area contributed by atoms with Crippen molar-refractivity contribution in [2.45, 2.75) is 13.3 Å². The van der Waals surface area contributed by atoms with Crippen LogP contribution in [0.1, 0.15) is 5.56 Å². The van der Waals surface area contributed by atoms with Crippen molar-refractivity contribution in [2.24, 2.45) is 0 Å². The molecule has 16 heavy (non-hydrogen) atoms. The molecule has 0 spiro atoms. The summed E-state index contributed by atoms with van der Waals surface area (Å²) in [6.07, 6.45) is -5.01. The zero-order valence-electron chi connectivity index (χ0n) is 7.79. The number of aromatic amines is 1. The molecule has 0 saturated carbocycles. The highest BCUT2D eigenvalue weighted by Gasteiger charge is 2.33. The van der Waals surface area contributed by atoms with E-state index >= 15 is 0 Å². The lowest BCUT2D eigenvalue weighted by Gasteiger charge is -2.10. The Labute approximate surface area is 85.8 Å². The van der Waals surface area contributed by atoms with Gasteiger partial charge in [0.25, 0.3) is 0 Å². The van der Waals surface area contributed by atoms with E-state index in [1.54, 1.807) is 4.98 Å². The van der Waals surface area contributed by atoms with Crippen LogP contribution in [0.15, 0.2) is 10.9 Å². The highest BCUT2D eigenvalue weighted by atomic mass is 19.4. The minimum atomic E-state index is -5.01. The molecule has 0 atom stereocenters. The van der Waals surface area contributed by atoms with Crippen LogP contribution in [0.3, 0.4) is 0 Å². The average Bonchev–Trinajstić information content (AvgIpc) is 2.07. The van der Waals surface area contributed by atoms with Crippen molar-refractivity contribution in [3.8, 4) is 5.75 Å². The molecule has 0 aromatic carbocycles. The van der Waals surface area contributed by atoms with Crippen molar-refractivity contribution in [1.82, 2.24) is 4.98 Å². The molecule has 1 aromatic heterocycles. The van der Waals surface area contributed by atoms with E-state index in [1.807, 2.05) is 0 Å². The maximum absolute atomic E-state index is 11.9. The molecule has 0 aliphatic heterocycles. The SMILES string of the molecule is Cc1c(OC(F)(F)F)cc(=O)[nH]c1[N+](=O)[O-]. The fourth-order valence-corrected chi connectivity index (χ4v) is 1.00. The summed E-state index contributed by atoms with van der Waals surface area (Å²) in [6, 6.07) is 0.496. The molecule has 0 fully saturated rings. The largest absolute Gasteiger partial charge is 0.573 e. The molecule has 6 nitrogen and oxygen atoms in total. The highest BCUT2D eigenvalue weighted by Crippen LogP contribution is 2.28. The van der Waals surface area contributed by atoms with Gasteiger partial charge in [0.2, 0.25) is 0 Å². The topological polar surface area (TPSA) is 85.2 Å². The monoisotopic (exact) mass is 238 g/mol. The normalized spacial score (nSPS) is 11.2. The Morgan fingerprint density at radius 3 is 2.50 bits per heavy atom. The number of nitrogens with one attached hydrogen (secondary N) is 1. The molecule has 0 saturated heterocycles. The number of hydrogen-bond acceptors (Lipinski definition) is 4. The second-order valence-corrected chi connectivity index (χ2v) is 2.78. The standard InChI is InChI=1S/C7H5F3N2O4/c1-3-4(16-7(8,9)10)2-5(13)11-6(3)12(14)15/h2H,1H3,(H,11,13). The Bertz CT molecular complexity index is 480. The van der Waals surface area contributed by atoms with Gasteiger partial charge in [0.1, 0.15) is 5.75 Å². The van der Waals surface area contributed by atoms with Gasteiger partial charge in [-0.15, -0.1) is 13.2 Å². The summed E-state index contributed by atoms with van der Waals surface area (Å²) in [7, 11) is 0. The molecule has 88 valence electrons. The van der Waals surface area contributed by atoms with Gasteiger partial charge in [0.05, 0.1) is 11.6 Å². The minimum Gasteiger partial charge on any atom is -0.405 e. The van der Waals surface area contributed by atoms with Crippen molar-refractivity contribution in [1.29, 1.82) is 0 Å². The minimum absolute atomic E-state index is 0.401. The van der Waals surface area contributed by atoms with Crippen molar-refractivity contribution < 1.29 is 22.8 Å². The lowest BCUT2D eigenvalue weighted by atomic mass is 10.2. The number of halogens is 3. The molecule has 0 unspecified atom stereocenters. The molecule has 0 aliphatic rings. The smallest absolute Gasteiger partial charge is 0.405 e. The Hall–Kier alpha value is -2.06. The van der Waals surface area contributed by atoms with Gasteiger partial charge in [0, 0.05) is 0 Å². The van der Waals surface area contributed by atoms with E-state index in [-0.39, 0.29) is 0 Å². The summed E-state index contributed by atoms with van der Waals surface area (Å²) in [5.41, 5.74) is -1.45. The number of pyridine rings is 1. The lowest BCUT2D eigenvalue weighted by Crippen LogP contribution is -2.20. The van der Waals surface area contributed by atoms with Crippen LogP contribution in [-0.2, 0) is 0 Å². The third-order valence-corrected chi connectivity index (χ3v) is 1.64. The number of rotatable bonds is 2. The maximum atomic E-state index is 11.9. The molecule has 1 N–H and O–H groups in total. The van der Waals surface area contributed by atoms with Crippen LogP contribution in [0, 0.1) is 17.0 Å². The number of H-pyrrole nitrogens is 1. The van der Waals surface area contributed by atoms with E-state index < -0.39 is 34.0 Å². The van der Waals surface area contributed by atoms with E-state index in [0.29, 0.717) is 6.07 Å². The van der Waals surface area contributed by atoms with Gasteiger partial charge in [0.15, 0.2) is 0 Å². The van der Waals surface area contributed by atoms with Crippen LogP contribution in [0.5, 0.6) is 5.75 Å². The van der Waals surface area contributed by atoms with Gasteiger partial charge in [-0.2, -0.15) is 0 Å². The van der Waals surface area contributed by atoms with Gasteiger partial charge in [-0.05, 0) is 11.8 Å². The van der Waals surface area contributed by atoms with Crippen LogP contribution in [0.2, 0.25) is 0 Å². The fourth-order valence-electron chi connectivity index (χ4n) is 1.00. The molecule has 0 amide bonds. The first-order valence-electron chi connectivity index (χ1n) is 3.85. The molecule has 0 bridgehead atoms. The van der Waals surface area contributed by atoms with Gasteiger partial charge in [-0.25, -0.2) is 9.78 Å². The Morgan fingerprint density at radius 2 is 2.06 bits per heavy atom. The highest BCUT2D eigenvalue weighted by molar-refractivity contribution is 5.42. The first-order valence-corrected chi connectivity index (χ1v) is 3.85. The van der Waals surface area contributed by atoms with Gasteiger partial charge in [-0.3, -0.25) is 0 Å². The van der Waals surface area contributed by atoms with Crippen LogP contribution >= 0.6 is 0 Å². The number of ether oxygens (including phenoxy) is 1. The molecule has 0 aliphatic carbocycles. The van der Waals surface area contributed by atoms with Gasteiger partial charge in [-0.1, -0.05) is 0 Å². The van der Waals surface area contributed by atoms with Crippen molar-refractivity contribution in [3.05, 3.63) is 32.1 Å². The van der Waals surface area contributed by atoms with Crippen LogP contribution in [0.25, 0.3) is 0 Å². The number of alkyl halides is 3. The Morgan fingerprint density at radius 1 is 1.50 bits per heavy atom. The fraction of sp³-hybridized carbons (Fsp3) is 0.286. The van der Waals surface area contributed by atoms with E-state index in [1.165, 1.54) is 0 Å². The van der Waals surface area contributed by atoms with Crippen LogP contribution < -0.4 is 10.3 Å². The van der Waals surface area contributed by atoms with Crippen molar-refractivity contribution >= 4 is 5.82 Å². The summed E-state index contributed by atoms with van der Waals surface area (Å²) in [5.74, 6) is -1.71. The molecule has 1 aromatic rings. The third-order valence-electron chi connectivity index (χ3n) is 1.64. The van der Waals surface area contributed by atoms with Gasteiger partial charge < -0.3 is 14.9 Å². The molecule has 1 heterocycles. The zero-order chi connectivity index (χ0) is 12.5. The first kappa shape index (κ1) is 12.0. The molecular formula is C7H5F3N2O4. The average molecular weight is 238 g/mol. The summed E-state index contributed by atoms with van der Waals surface area (Å²) in [4.78, 5) is 22.0. The summed E-state index contributed by atoms with van der Waals surface area (Å²) >= 11 is 0.